The smallest absolute Gasteiger partial charge is 0.346 e. The van der Waals surface area contributed by atoms with Crippen LogP contribution in [0.4, 0.5) is 5.69 Å². The van der Waals surface area contributed by atoms with E-state index in [1.54, 1.807) is 49.4 Å². The average Bonchev–Trinajstić information content (AvgIpc) is 3.09. The predicted octanol–water partition coefficient (Wildman–Crippen LogP) is 3.22. The highest BCUT2D eigenvalue weighted by atomic mass is 16.6. The summed E-state index contributed by atoms with van der Waals surface area (Å²) in [5.41, 5.74) is 4.38. The third kappa shape index (κ3) is 5.23. The van der Waals surface area contributed by atoms with Crippen LogP contribution in [0.25, 0.3) is 6.08 Å². The van der Waals surface area contributed by atoms with Crippen molar-refractivity contribution >= 4 is 29.5 Å². The second-order valence-electron chi connectivity index (χ2n) is 7.19. The van der Waals surface area contributed by atoms with Gasteiger partial charge in [-0.05, 0) is 56.2 Å². The summed E-state index contributed by atoms with van der Waals surface area (Å²) in [4.78, 5) is 37.3. The molecule has 2 aromatic rings. The van der Waals surface area contributed by atoms with Crippen molar-refractivity contribution in [2.45, 2.75) is 26.4 Å². The lowest BCUT2D eigenvalue weighted by atomic mass is 10.0. The normalized spacial score (nSPS) is 15.2. The zero-order valence-corrected chi connectivity index (χ0v) is 18.8. The van der Waals surface area contributed by atoms with Gasteiger partial charge in [-0.2, -0.15) is 0 Å². The number of anilines is 1. The number of carbonyl (C=O) groups is 3. The lowest BCUT2D eigenvalue weighted by molar-refractivity contribution is -0.148. The van der Waals surface area contributed by atoms with Gasteiger partial charge in [-0.1, -0.05) is 24.3 Å². The molecule has 1 N–H and O–H groups in total. The first-order chi connectivity index (χ1) is 15.9. The molecule has 3 rings (SSSR count). The molecule has 0 aliphatic carbocycles. The molecule has 33 heavy (non-hydrogen) atoms. The highest BCUT2D eigenvalue weighted by molar-refractivity contribution is 6.31. The number of para-hydroxylation sites is 1. The van der Waals surface area contributed by atoms with E-state index in [0.29, 0.717) is 41.3 Å². The van der Waals surface area contributed by atoms with Crippen molar-refractivity contribution in [2.75, 3.05) is 18.7 Å². The van der Waals surface area contributed by atoms with E-state index in [0.717, 1.165) is 0 Å². The quantitative estimate of drug-likeness (QED) is 0.273. The van der Waals surface area contributed by atoms with Crippen LogP contribution < -0.4 is 19.9 Å². The molecule has 0 bridgehead atoms. The number of hydrogen-bond donors (Lipinski definition) is 1. The molecule has 1 aliphatic rings. The molecule has 1 fully saturated rings. The molecule has 8 heteroatoms. The van der Waals surface area contributed by atoms with E-state index in [4.69, 9.17) is 14.2 Å². The SMILES string of the molecule is C=CCc1cc(/C=C2/C(=O)NN(c3ccccc3)C2=O)cc(OCC)c1O[C@H](C)C(=O)OC. The van der Waals surface area contributed by atoms with Gasteiger partial charge in [0.2, 0.25) is 0 Å². The summed E-state index contributed by atoms with van der Waals surface area (Å²) < 4.78 is 16.4. The van der Waals surface area contributed by atoms with E-state index in [2.05, 4.69) is 12.0 Å². The maximum Gasteiger partial charge on any atom is 0.346 e. The Balaban J connectivity index is 2.01. The summed E-state index contributed by atoms with van der Waals surface area (Å²) in [6, 6.07) is 12.3. The van der Waals surface area contributed by atoms with Crippen molar-refractivity contribution in [3.63, 3.8) is 0 Å². The highest BCUT2D eigenvalue weighted by Gasteiger charge is 2.34. The molecule has 0 radical (unpaired) electrons. The molecule has 8 nitrogen and oxygen atoms in total. The highest BCUT2D eigenvalue weighted by Crippen LogP contribution is 2.36. The van der Waals surface area contributed by atoms with Crippen molar-refractivity contribution in [3.05, 3.63) is 71.8 Å². The average molecular weight is 450 g/mol. The van der Waals surface area contributed by atoms with Gasteiger partial charge in [0.1, 0.15) is 5.57 Å². The number of hydrogen-bond acceptors (Lipinski definition) is 6. The molecule has 1 atom stereocenters. The fourth-order valence-corrected chi connectivity index (χ4v) is 3.34. The molecular formula is C25H26N2O6. The van der Waals surface area contributed by atoms with Gasteiger partial charge in [-0.15, -0.1) is 6.58 Å². The van der Waals surface area contributed by atoms with Crippen LogP contribution in [0.1, 0.15) is 25.0 Å². The Labute approximate surface area is 192 Å². The number of amides is 2. The van der Waals surface area contributed by atoms with Gasteiger partial charge in [-0.25, -0.2) is 9.80 Å². The molecule has 0 spiro atoms. The molecule has 1 heterocycles. The minimum atomic E-state index is -0.858. The second-order valence-corrected chi connectivity index (χ2v) is 7.19. The van der Waals surface area contributed by atoms with Crippen LogP contribution in [-0.4, -0.2) is 37.6 Å². The van der Waals surface area contributed by atoms with Crippen LogP contribution in [0, 0.1) is 0 Å². The van der Waals surface area contributed by atoms with Crippen molar-refractivity contribution in [3.8, 4) is 11.5 Å². The number of nitrogens with zero attached hydrogens (tertiary/aromatic N) is 1. The summed E-state index contributed by atoms with van der Waals surface area (Å²) in [5, 5.41) is 1.21. The van der Waals surface area contributed by atoms with Crippen molar-refractivity contribution < 1.29 is 28.6 Å². The van der Waals surface area contributed by atoms with Crippen LogP contribution in [0.5, 0.6) is 11.5 Å². The monoisotopic (exact) mass is 450 g/mol. The minimum Gasteiger partial charge on any atom is -0.490 e. The lowest BCUT2D eigenvalue weighted by Gasteiger charge is -2.19. The number of nitrogens with one attached hydrogen (secondary N) is 1. The topological polar surface area (TPSA) is 94.2 Å². The number of carbonyl (C=O) groups excluding carboxylic acids is 3. The van der Waals surface area contributed by atoms with Gasteiger partial charge >= 0.3 is 5.97 Å². The molecule has 0 unspecified atom stereocenters. The lowest BCUT2D eigenvalue weighted by Crippen LogP contribution is -2.35. The minimum absolute atomic E-state index is 0.0116. The number of benzene rings is 2. The number of rotatable bonds is 9. The van der Waals surface area contributed by atoms with Gasteiger partial charge in [0.25, 0.3) is 11.8 Å². The molecule has 1 aliphatic heterocycles. The van der Waals surface area contributed by atoms with Gasteiger partial charge in [-0.3, -0.25) is 15.0 Å². The number of methoxy groups -OCH3 is 1. The zero-order chi connectivity index (χ0) is 24.0. The Kier molecular flexibility index (Phi) is 7.50. The van der Waals surface area contributed by atoms with Crippen LogP contribution in [-0.2, 0) is 25.5 Å². The van der Waals surface area contributed by atoms with Crippen molar-refractivity contribution in [2.24, 2.45) is 0 Å². The molecule has 172 valence electrons. The van der Waals surface area contributed by atoms with Crippen LogP contribution in [0.3, 0.4) is 0 Å². The fraction of sp³-hybridized carbons (Fsp3) is 0.240. The van der Waals surface area contributed by atoms with Gasteiger partial charge in [0.05, 0.1) is 19.4 Å². The maximum absolute atomic E-state index is 12.9. The molecule has 0 aromatic heterocycles. The van der Waals surface area contributed by atoms with Crippen LogP contribution >= 0.6 is 0 Å². The largest absolute Gasteiger partial charge is 0.490 e. The third-order valence-electron chi connectivity index (χ3n) is 4.86. The Morgan fingerprint density at radius 3 is 2.58 bits per heavy atom. The standard InChI is InChI=1S/C25H26N2O6/c1-5-10-18-13-17(15-21(32-6-2)22(18)33-16(3)25(30)31-4)14-20-23(28)26-27(24(20)29)19-11-8-7-9-12-19/h5,7-9,11-16H,1,6,10H2,2-4H3,(H,26,28)/b20-14-/t16-/m1/s1. The molecule has 1 saturated heterocycles. The molecule has 2 aromatic carbocycles. The summed E-state index contributed by atoms with van der Waals surface area (Å²) >= 11 is 0. The molecular weight excluding hydrogens is 424 g/mol. The van der Waals surface area contributed by atoms with E-state index >= 15 is 0 Å². The van der Waals surface area contributed by atoms with E-state index in [1.807, 2.05) is 13.0 Å². The van der Waals surface area contributed by atoms with Crippen LogP contribution in [0.15, 0.2) is 60.7 Å². The summed E-state index contributed by atoms with van der Waals surface area (Å²) in [5.74, 6) is -0.738. The Bertz CT molecular complexity index is 1090. The third-order valence-corrected chi connectivity index (χ3v) is 4.86. The zero-order valence-electron chi connectivity index (χ0n) is 18.8. The first-order valence-corrected chi connectivity index (χ1v) is 10.5. The second kappa shape index (κ2) is 10.5. The Morgan fingerprint density at radius 2 is 1.94 bits per heavy atom. The number of allylic oxidation sites excluding steroid dienone is 1. The predicted molar refractivity (Wildman–Crippen MR) is 124 cm³/mol. The number of hydrazine groups is 1. The van der Waals surface area contributed by atoms with Gasteiger partial charge in [0.15, 0.2) is 17.6 Å². The van der Waals surface area contributed by atoms with E-state index in [9.17, 15) is 14.4 Å². The van der Waals surface area contributed by atoms with Crippen LogP contribution in [0.2, 0.25) is 0 Å². The van der Waals surface area contributed by atoms with Crippen molar-refractivity contribution in [1.82, 2.24) is 5.43 Å². The fourth-order valence-electron chi connectivity index (χ4n) is 3.34. The van der Waals surface area contributed by atoms with Gasteiger partial charge in [0, 0.05) is 5.56 Å². The van der Waals surface area contributed by atoms with E-state index in [1.165, 1.54) is 18.2 Å². The number of ether oxygens (including phenoxy) is 3. The summed E-state index contributed by atoms with van der Waals surface area (Å²) in [7, 11) is 1.29. The first-order valence-electron chi connectivity index (χ1n) is 10.5. The van der Waals surface area contributed by atoms with E-state index in [-0.39, 0.29) is 5.57 Å². The summed E-state index contributed by atoms with van der Waals surface area (Å²) in [6.07, 6.45) is 2.74. The molecule has 2 amide bonds. The summed E-state index contributed by atoms with van der Waals surface area (Å²) in [6.45, 7) is 7.52. The number of esters is 1. The Hall–Kier alpha value is -4.07. The first kappa shape index (κ1) is 23.6. The Morgan fingerprint density at radius 1 is 1.21 bits per heavy atom. The van der Waals surface area contributed by atoms with Gasteiger partial charge < -0.3 is 14.2 Å². The maximum atomic E-state index is 12.9. The van der Waals surface area contributed by atoms with E-state index < -0.39 is 23.9 Å². The van der Waals surface area contributed by atoms with Crippen molar-refractivity contribution in [1.29, 1.82) is 0 Å². The molecule has 0 saturated carbocycles.